The van der Waals surface area contributed by atoms with E-state index in [2.05, 4.69) is 14.1 Å². The van der Waals surface area contributed by atoms with Crippen molar-refractivity contribution in [1.29, 1.82) is 0 Å². The summed E-state index contributed by atoms with van der Waals surface area (Å²) in [6.45, 7) is 2.71. The fourth-order valence-corrected chi connectivity index (χ4v) is 4.19. The number of hydrogen-bond acceptors (Lipinski definition) is 5. The van der Waals surface area contributed by atoms with Crippen LogP contribution in [0.15, 0.2) is 0 Å². The molecule has 0 atom stereocenters. The first-order valence-electron chi connectivity index (χ1n) is 11.1. The number of unbranched alkanes of at least 4 members (excludes halogenated alkanes) is 9. The molecule has 0 aliphatic heterocycles. The third-order valence-electron chi connectivity index (χ3n) is 5.49. The van der Waals surface area contributed by atoms with Crippen molar-refractivity contribution >= 4 is 16.1 Å². The molecule has 0 aliphatic carbocycles. The van der Waals surface area contributed by atoms with Crippen LogP contribution in [0, 0.1) is 0 Å². The number of carbonyl (C=O) groups excluding carboxylic acids is 1. The number of carboxylic acid groups (broad SMARTS) is 1. The summed E-state index contributed by atoms with van der Waals surface area (Å²) < 4.78 is 33.3. The van der Waals surface area contributed by atoms with Gasteiger partial charge in [-0.05, 0) is 25.7 Å². The van der Waals surface area contributed by atoms with Crippen molar-refractivity contribution in [3.05, 3.63) is 0 Å². The highest BCUT2D eigenvalue weighted by atomic mass is 32.2. The Bertz CT molecular complexity index is 547. The van der Waals surface area contributed by atoms with Gasteiger partial charge in [0, 0.05) is 12.2 Å². The minimum atomic E-state index is -4.09. The predicted molar refractivity (Wildman–Crippen MR) is 114 cm³/mol. The first kappa shape index (κ1) is 28.3. The van der Waals surface area contributed by atoms with Crippen LogP contribution in [-0.4, -0.2) is 88.0 Å². The van der Waals surface area contributed by atoms with Crippen molar-refractivity contribution < 1.29 is 31.8 Å². The Morgan fingerprint density at radius 1 is 0.655 bits per heavy atom. The van der Waals surface area contributed by atoms with Crippen LogP contribution in [0.5, 0.6) is 0 Å². The Morgan fingerprint density at radius 2 is 1.00 bits per heavy atom. The van der Waals surface area contributed by atoms with Crippen molar-refractivity contribution in [3.8, 4) is 0 Å². The monoisotopic (exact) mass is 436 g/mol. The number of rotatable bonds is 19. The Hall–Kier alpha value is -0.700. The van der Waals surface area contributed by atoms with Crippen molar-refractivity contribution in [2.75, 3.05) is 60.1 Å². The highest BCUT2D eigenvalue weighted by Gasteiger charge is 2.15. The SMILES string of the molecule is C[N+](C)(CCCCCCCCCCCC[N+](C)(C)CC(=O)[O-])CCCS(=O)(=O)[O-]. The van der Waals surface area contributed by atoms with Crippen LogP contribution in [0.25, 0.3) is 0 Å². The smallest absolute Gasteiger partial charge is 0.119 e. The Balaban J connectivity index is 3.50. The zero-order chi connectivity index (χ0) is 22.4. The van der Waals surface area contributed by atoms with Crippen LogP contribution in [0.4, 0.5) is 0 Å². The summed E-state index contributed by atoms with van der Waals surface area (Å²) in [5.74, 6) is -1.24. The van der Waals surface area contributed by atoms with E-state index < -0.39 is 16.1 Å². The second kappa shape index (κ2) is 14.3. The third kappa shape index (κ3) is 20.4. The quantitative estimate of drug-likeness (QED) is 0.174. The molecule has 0 N–H and O–H groups in total. The van der Waals surface area contributed by atoms with E-state index >= 15 is 0 Å². The molecule has 0 fully saturated rings. The topological polar surface area (TPSA) is 97.3 Å². The maximum Gasteiger partial charge on any atom is 0.119 e. The van der Waals surface area contributed by atoms with Crippen LogP contribution >= 0.6 is 0 Å². The van der Waals surface area contributed by atoms with Gasteiger partial charge in [-0.15, -0.1) is 0 Å². The lowest BCUT2D eigenvalue weighted by Crippen LogP contribution is -2.48. The van der Waals surface area contributed by atoms with E-state index in [1.54, 1.807) is 0 Å². The molecular weight excluding hydrogens is 392 g/mol. The van der Waals surface area contributed by atoms with Crippen molar-refractivity contribution in [3.63, 3.8) is 0 Å². The molecule has 0 saturated heterocycles. The van der Waals surface area contributed by atoms with Gasteiger partial charge in [-0.1, -0.05) is 38.5 Å². The molecule has 0 bridgehead atoms. The van der Waals surface area contributed by atoms with E-state index in [1.807, 2.05) is 14.1 Å². The summed E-state index contributed by atoms with van der Waals surface area (Å²) in [5.41, 5.74) is 0. The predicted octanol–water partition coefficient (Wildman–Crippen LogP) is 1.73. The van der Waals surface area contributed by atoms with Gasteiger partial charge in [0.15, 0.2) is 0 Å². The van der Waals surface area contributed by atoms with E-state index in [9.17, 15) is 22.9 Å². The molecule has 0 saturated carbocycles. The van der Waals surface area contributed by atoms with Crippen molar-refractivity contribution in [1.82, 2.24) is 0 Å². The molecule has 0 aliphatic rings. The number of nitrogens with zero attached hydrogens (tertiary/aromatic N) is 2. The number of quaternary nitrogens is 2. The normalized spacial score (nSPS) is 13.0. The molecule has 7 nitrogen and oxygen atoms in total. The first-order valence-corrected chi connectivity index (χ1v) is 12.7. The van der Waals surface area contributed by atoms with Crippen molar-refractivity contribution in [2.24, 2.45) is 0 Å². The molecule has 0 aromatic heterocycles. The van der Waals surface area contributed by atoms with Crippen LogP contribution in [0.2, 0.25) is 0 Å². The standard InChI is InChI=1S/C21H44N2O5S/c1-22(2,18-15-19-29(26,27)28)16-13-11-9-7-5-6-8-10-12-14-17-23(3,4)20-21(24)25/h5-20H2,1-4H3. The van der Waals surface area contributed by atoms with Crippen LogP contribution in [0.3, 0.4) is 0 Å². The number of hydrogen-bond donors (Lipinski definition) is 0. The summed E-state index contributed by atoms with van der Waals surface area (Å²) in [5, 5.41) is 10.7. The average Bonchev–Trinajstić information content (AvgIpc) is 2.53. The molecule has 0 amide bonds. The highest BCUT2D eigenvalue weighted by Crippen LogP contribution is 2.13. The maximum absolute atomic E-state index is 10.7. The second-order valence-electron chi connectivity index (χ2n) is 9.72. The largest absolute Gasteiger partial charge is 0.748 e. The summed E-state index contributed by atoms with van der Waals surface area (Å²) in [6, 6.07) is 0. The molecule has 0 heterocycles. The van der Waals surface area contributed by atoms with Gasteiger partial charge in [-0.2, -0.15) is 0 Å². The third-order valence-corrected chi connectivity index (χ3v) is 6.28. The lowest BCUT2D eigenvalue weighted by atomic mass is 10.1. The molecule has 0 aromatic carbocycles. The van der Waals surface area contributed by atoms with Crippen LogP contribution < -0.4 is 5.11 Å². The van der Waals surface area contributed by atoms with E-state index in [4.69, 9.17) is 0 Å². The van der Waals surface area contributed by atoms with E-state index in [-0.39, 0.29) is 12.3 Å². The zero-order valence-corrected chi connectivity index (χ0v) is 20.0. The van der Waals surface area contributed by atoms with Crippen molar-refractivity contribution in [2.45, 2.75) is 70.6 Å². The summed E-state index contributed by atoms with van der Waals surface area (Å²) in [7, 11) is 3.97. The molecule has 8 heteroatoms. The number of aliphatic carboxylic acids is 1. The number of likely N-dealkylation sites (N-methyl/N-ethyl adjacent to an activating group) is 1. The van der Waals surface area contributed by atoms with E-state index in [0.29, 0.717) is 10.9 Å². The highest BCUT2D eigenvalue weighted by molar-refractivity contribution is 7.85. The van der Waals surface area contributed by atoms with Gasteiger partial charge in [0.25, 0.3) is 0 Å². The Labute approximate surface area is 179 Å². The molecule has 29 heavy (non-hydrogen) atoms. The fraction of sp³-hybridized carbons (Fsp3) is 0.952. The molecule has 0 spiro atoms. The molecular formula is C21H44N2O5S. The fourth-order valence-electron chi connectivity index (χ4n) is 3.70. The van der Waals surface area contributed by atoms with Crippen LogP contribution in [-0.2, 0) is 14.9 Å². The average molecular weight is 437 g/mol. The minimum Gasteiger partial charge on any atom is -0.748 e. The Morgan fingerprint density at radius 3 is 1.38 bits per heavy atom. The van der Waals surface area contributed by atoms with E-state index in [1.165, 1.54) is 44.9 Å². The minimum absolute atomic E-state index is 0.0815. The van der Waals surface area contributed by atoms with E-state index in [0.717, 1.165) is 43.4 Å². The molecule has 174 valence electrons. The lowest BCUT2D eigenvalue weighted by molar-refractivity contribution is -0.890. The molecule has 0 aromatic rings. The second-order valence-corrected chi connectivity index (χ2v) is 11.2. The lowest BCUT2D eigenvalue weighted by Gasteiger charge is -2.30. The van der Waals surface area contributed by atoms with Gasteiger partial charge >= 0.3 is 0 Å². The van der Waals surface area contributed by atoms with Gasteiger partial charge in [0.05, 0.1) is 63.9 Å². The molecule has 0 rings (SSSR count). The van der Waals surface area contributed by atoms with Crippen LogP contribution in [0.1, 0.15) is 70.6 Å². The van der Waals surface area contributed by atoms with Gasteiger partial charge < -0.3 is 23.4 Å². The van der Waals surface area contributed by atoms with Gasteiger partial charge in [-0.3, -0.25) is 0 Å². The number of carbonyl (C=O) groups is 1. The molecule has 0 unspecified atom stereocenters. The van der Waals surface area contributed by atoms with Gasteiger partial charge in [-0.25, -0.2) is 8.42 Å². The summed E-state index contributed by atoms with van der Waals surface area (Å²) >= 11 is 0. The summed E-state index contributed by atoms with van der Waals surface area (Å²) in [4.78, 5) is 10.7. The zero-order valence-electron chi connectivity index (χ0n) is 19.2. The first-order chi connectivity index (χ1) is 13.3. The maximum atomic E-state index is 10.7. The van der Waals surface area contributed by atoms with Gasteiger partial charge in [0.1, 0.15) is 6.54 Å². The summed E-state index contributed by atoms with van der Waals surface area (Å²) in [6.07, 6.45) is 12.5. The van der Waals surface area contributed by atoms with Gasteiger partial charge in [0.2, 0.25) is 0 Å². The molecule has 0 radical (unpaired) electrons. The Kier molecular flexibility index (Phi) is 14.0. The number of carboxylic acids is 1.